The van der Waals surface area contributed by atoms with E-state index < -0.39 is 11.2 Å². The third kappa shape index (κ3) is 2.94. The maximum atomic E-state index is 12.9. The molecule has 0 spiro atoms. The number of ether oxygens (including phenoxy) is 3. The van der Waals surface area contributed by atoms with E-state index in [0.717, 1.165) is 38.5 Å². The summed E-state index contributed by atoms with van der Waals surface area (Å²) in [6.45, 7) is 3.17. The van der Waals surface area contributed by atoms with E-state index in [0.29, 0.717) is 19.6 Å². The lowest BCUT2D eigenvalue weighted by Crippen LogP contribution is -2.54. The van der Waals surface area contributed by atoms with Crippen molar-refractivity contribution in [2.24, 2.45) is 10.8 Å². The Labute approximate surface area is 138 Å². The molecule has 0 radical (unpaired) electrons. The van der Waals surface area contributed by atoms with Gasteiger partial charge in [0, 0.05) is 6.42 Å². The second-order valence-corrected chi connectivity index (χ2v) is 7.32. The molecular formula is C18H28O5. The number of aliphatic hydroxyl groups excluding tert-OH is 1. The highest BCUT2D eigenvalue weighted by Crippen LogP contribution is 2.61. The van der Waals surface area contributed by atoms with Crippen molar-refractivity contribution in [2.45, 2.75) is 57.7 Å². The summed E-state index contributed by atoms with van der Waals surface area (Å²) in [4.78, 5) is 12.9. The van der Waals surface area contributed by atoms with Crippen LogP contribution in [0, 0.1) is 10.8 Å². The van der Waals surface area contributed by atoms with Crippen molar-refractivity contribution in [3.05, 3.63) is 12.2 Å². The van der Waals surface area contributed by atoms with Crippen molar-refractivity contribution < 1.29 is 24.1 Å². The molecule has 1 aliphatic heterocycles. The van der Waals surface area contributed by atoms with E-state index in [-0.39, 0.29) is 24.6 Å². The molecule has 0 aromatic carbocycles. The topological polar surface area (TPSA) is 65.0 Å². The zero-order valence-corrected chi connectivity index (χ0v) is 14.0. The molecule has 0 aromatic rings. The van der Waals surface area contributed by atoms with Crippen molar-refractivity contribution in [1.29, 1.82) is 0 Å². The van der Waals surface area contributed by atoms with Crippen LogP contribution in [0.2, 0.25) is 0 Å². The number of aliphatic hydroxyl groups is 1. The fourth-order valence-electron chi connectivity index (χ4n) is 4.89. The second kappa shape index (κ2) is 6.54. The van der Waals surface area contributed by atoms with E-state index in [9.17, 15) is 4.79 Å². The van der Waals surface area contributed by atoms with Crippen LogP contribution >= 0.6 is 0 Å². The van der Waals surface area contributed by atoms with Gasteiger partial charge in [-0.3, -0.25) is 4.79 Å². The Morgan fingerprint density at radius 1 is 1.17 bits per heavy atom. The first kappa shape index (κ1) is 16.9. The van der Waals surface area contributed by atoms with Gasteiger partial charge in [0.15, 0.2) is 5.79 Å². The highest BCUT2D eigenvalue weighted by atomic mass is 16.7. The smallest absolute Gasteiger partial charge is 0.313 e. The van der Waals surface area contributed by atoms with Gasteiger partial charge >= 0.3 is 5.97 Å². The van der Waals surface area contributed by atoms with Crippen LogP contribution in [0.15, 0.2) is 12.2 Å². The number of allylic oxidation sites excluding steroid dienone is 2. The first-order chi connectivity index (χ1) is 11.1. The van der Waals surface area contributed by atoms with Gasteiger partial charge in [-0.05, 0) is 38.0 Å². The fraction of sp³-hybridized carbons (Fsp3) is 0.833. The molecule has 0 amide bonds. The molecule has 3 aliphatic rings. The Bertz CT molecular complexity index is 468. The zero-order chi connectivity index (χ0) is 16.4. The SMILES string of the molecule is CC1(C[C@@]23CC=CC[C@@]2(C(=O)OCCO)CCCC3)OCCO1. The number of hydrogen-bond donors (Lipinski definition) is 1. The molecule has 130 valence electrons. The minimum absolute atomic E-state index is 0.0741. The maximum absolute atomic E-state index is 12.9. The molecule has 0 unspecified atom stereocenters. The number of fused-ring (bicyclic) bond motifs is 1. The lowest BCUT2D eigenvalue weighted by atomic mass is 9.49. The zero-order valence-electron chi connectivity index (χ0n) is 14.0. The minimum Gasteiger partial charge on any atom is -0.463 e. The van der Waals surface area contributed by atoms with Gasteiger partial charge in [-0.15, -0.1) is 0 Å². The Hall–Kier alpha value is -0.910. The summed E-state index contributed by atoms with van der Waals surface area (Å²) in [6.07, 6.45) is 10.6. The van der Waals surface area contributed by atoms with Gasteiger partial charge in [0.2, 0.25) is 0 Å². The highest BCUT2D eigenvalue weighted by molar-refractivity contribution is 5.79. The van der Waals surface area contributed by atoms with Crippen molar-refractivity contribution in [1.82, 2.24) is 0 Å². The van der Waals surface area contributed by atoms with Crippen molar-refractivity contribution >= 4 is 5.97 Å². The van der Waals surface area contributed by atoms with Gasteiger partial charge in [0.05, 0.1) is 25.2 Å². The summed E-state index contributed by atoms with van der Waals surface area (Å²) in [6, 6.07) is 0. The number of esters is 1. The number of rotatable bonds is 5. The van der Waals surface area contributed by atoms with E-state index in [4.69, 9.17) is 19.3 Å². The van der Waals surface area contributed by atoms with Gasteiger partial charge in [0.25, 0.3) is 0 Å². The molecule has 2 aliphatic carbocycles. The van der Waals surface area contributed by atoms with Crippen LogP contribution in [0.3, 0.4) is 0 Å². The van der Waals surface area contributed by atoms with E-state index >= 15 is 0 Å². The molecule has 2 atom stereocenters. The molecule has 0 aromatic heterocycles. The molecular weight excluding hydrogens is 296 g/mol. The van der Waals surface area contributed by atoms with Crippen LogP contribution < -0.4 is 0 Å². The summed E-state index contributed by atoms with van der Waals surface area (Å²) in [7, 11) is 0. The van der Waals surface area contributed by atoms with Crippen molar-refractivity contribution in [3.8, 4) is 0 Å². The minimum atomic E-state index is -0.606. The van der Waals surface area contributed by atoms with E-state index in [1.165, 1.54) is 0 Å². The molecule has 1 saturated carbocycles. The normalized spacial score (nSPS) is 35.7. The molecule has 1 N–H and O–H groups in total. The summed E-state index contributed by atoms with van der Waals surface area (Å²) in [5.74, 6) is -0.761. The predicted molar refractivity (Wildman–Crippen MR) is 84.7 cm³/mol. The summed E-state index contributed by atoms with van der Waals surface area (Å²) in [5.41, 5.74) is -0.681. The van der Waals surface area contributed by atoms with Gasteiger partial charge in [-0.2, -0.15) is 0 Å². The quantitative estimate of drug-likeness (QED) is 0.622. The average Bonchev–Trinajstić information content (AvgIpc) is 2.98. The largest absolute Gasteiger partial charge is 0.463 e. The molecule has 0 bridgehead atoms. The predicted octanol–water partition coefficient (Wildman–Crippen LogP) is 2.57. The highest BCUT2D eigenvalue weighted by Gasteiger charge is 2.60. The van der Waals surface area contributed by atoms with Crippen LogP contribution in [-0.4, -0.2) is 43.3 Å². The van der Waals surface area contributed by atoms with Crippen LogP contribution in [0.1, 0.15) is 51.9 Å². The van der Waals surface area contributed by atoms with E-state index in [1.54, 1.807) is 0 Å². The van der Waals surface area contributed by atoms with Gasteiger partial charge in [0.1, 0.15) is 6.61 Å². The average molecular weight is 324 g/mol. The number of hydrogen-bond acceptors (Lipinski definition) is 5. The van der Waals surface area contributed by atoms with Crippen LogP contribution in [0.5, 0.6) is 0 Å². The van der Waals surface area contributed by atoms with Gasteiger partial charge < -0.3 is 19.3 Å². The summed E-state index contributed by atoms with van der Waals surface area (Å²) >= 11 is 0. The fourth-order valence-corrected chi connectivity index (χ4v) is 4.89. The molecule has 23 heavy (non-hydrogen) atoms. The molecule has 2 fully saturated rings. The molecule has 3 rings (SSSR count). The molecule has 1 heterocycles. The first-order valence-corrected chi connectivity index (χ1v) is 8.77. The molecule has 5 nitrogen and oxygen atoms in total. The van der Waals surface area contributed by atoms with Crippen LogP contribution in [0.4, 0.5) is 0 Å². The Morgan fingerprint density at radius 3 is 2.61 bits per heavy atom. The Kier molecular flexibility index (Phi) is 4.81. The van der Waals surface area contributed by atoms with E-state index in [2.05, 4.69) is 12.2 Å². The first-order valence-electron chi connectivity index (χ1n) is 8.77. The summed E-state index contributed by atoms with van der Waals surface area (Å²) in [5, 5.41) is 9.01. The molecule has 1 saturated heterocycles. The second-order valence-electron chi connectivity index (χ2n) is 7.32. The standard InChI is InChI=1S/C18H28O5/c1-16(22-12-13-23-16)14-17-6-2-4-8-18(17,9-5-3-7-17)15(20)21-11-10-19/h2,4,19H,3,5-14H2,1H3/t17-,18-/m0/s1. The number of carbonyl (C=O) groups is 1. The van der Waals surface area contributed by atoms with Crippen molar-refractivity contribution in [2.75, 3.05) is 26.4 Å². The van der Waals surface area contributed by atoms with Gasteiger partial charge in [-0.25, -0.2) is 0 Å². The number of carbonyl (C=O) groups excluding carboxylic acids is 1. The van der Waals surface area contributed by atoms with Crippen molar-refractivity contribution in [3.63, 3.8) is 0 Å². The molecule has 5 heteroatoms. The maximum Gasteiger partial charge on any atom is 0.313 e. The third-order valence-electron chi connectivity index (χ3n) is 5.94. The monoisotopic (exact) mass is 324 g/mol. The van der Waals surface area contributed by atoms with Crippen LogP contribution in [0.25, 0.3) is 0 Å². The van der Waals surface area contributed by atoms with E-state index in [1.807, 2.05) is 6.92 Å². The summed E-state index contributed by atoms with van der Waals surface area (Å²) < 4.78 is 17.1. The Balaban J connectivity index is 1.91. The lowest BCUT2D eigenvalue weighted by molar-refractivity contribution is -0.204. The third-order valence-corrected chi connectivity index (χ3v) is 5.94. The Morgan fingerprint density at radius 2 is 1.87 bits per heavy atom. The van der Waals surface area contributed by atoms with Crippen LogP contribution in [-0.2, 0) is 19.0 Å². The lowest BCUT2D eigenvalue weighted by Gasteiger charge is -2.55. The van der Waals surface area contributed by atoms with Gasteiger partial charge in [-0.1, -0.05) is 25.0 Å².